The second-order valence-corrected chi connectivity index (χ2v) is 6.23. The molecule has 0 aliphatic carbocycles. The maximum atomic E-state index is 12.8. The first kappa shape index (κ1) is 17.7. The van der Waals surface area contributed by atoms with Gasteiger partial charge in [-0.3, -0.25) is 9.59 Å². The number of benzene rings is 1. The molecule has 0 spiro atoms. The maximum absolute atomic E-state index is 12.8. The fraction of sp³-hybridized carbons (Fsp3) is 0.500. The Morgan fingerprint density at radius 2 is 2.26 bits per heavy atom. The lowest BCUT2D eigenvalue weighted by atomic mass is 10.1. The molecule has 1 aliphatic rings. The summed E-state index contributed by atoms with van der Waals surface area (Å²) in [6.45, 7) is 1.24. The zero-order valence-corrected chi connectivity index (χ0v) is 14.5. The number of carboxylic acid groups (broad SMARTS) is 1. The van der Waals surface area contributed by atoms with Crippen LogP contribution in [0.5, 0.6) is 5.75 Å². The summed E-state index contributed by atoms with van der Waals surface area (Å²) in [6.07, 6.45) is 1.72. The van der Waals surface area contributed by atoms with E-state index in [-0.39, 0.29) is 25.0 Å². The standard InChI is InChI=1S/C16H20BrNO5/c1-22-11-4-5-14(17)13(9-11)16(21)18(7-6-15(19)20)10-12-3-2-8-23-12/h4-5,9,12H,2-3,6-8,10H2,1H3,(H,19,20)/t12-/m0/s1. The first-order chi connectivity index (χ1) is 11.0. The molecule has 1 N–H and O–H groups in total. The van der Waals surface area contributed by atoms with E-state index in [1.807, 2.05) is 0 Å². The minimum absolute atomic E-state index is 0.0304. The van der Waals surface area contributed by atoms with Crippen LogP contribution in [0.15, 0.2) is 22.7 Å². The van der Waals surface area contributed by atoms with Crippen LogP contribution in [0.2, 0.25) is 0 Å². The molecular weight excluding hydrogens is 366 g/mol. The van der Waals surface area contributed by atoms with E-state index in [9.17, 15) is 9.59 Å². The average molecular weight is 386 g/mol. The number of hydrogen-bond acceptors (Lipinski definition) is 4. The van der Waals surface area contributed by atoms with Crippen molar-refractivity contribution >= 4 is 27.8 Å². The molecule has 1 saturated heterocycles. The third kappa shape index (κ3) is 4.94. The van der Waals surface area contributed by atoms with Crippen molar-refractivity contribution in [2.45, 2.75) is 25.4 Å². The van der Waals surface area contributed by atoms with Crippen molar-refractivity contribution in [1.29, 1.82) is 0 Å². The number of methoxy groups -OCH3 is 1. The van der Waals surface area contributed by atoms with Crippen molar-refractivity contribution in [3.05, 3.63) is 28.2 Å². The Hall–Kier alpha value is -1.60. The number of aliphatic carboxylic acids is 1. The molecule has 0 saturated carbocycles. The number of carboxylic acids is 1. The van der Waals surface area contributed by atoms with Crippen molar-refractivity contribution in [2.24, 2.45) is 0 Å². The average Bonchev–Trinajstić information content (AvgIpc) is 3.04. The Labute approximate surface area is 143 Å². The van der Waals surface area contributed by atoms with Gasteiger partial charge in [0.05, 0.1) is 25.2 Å². The number of carbonyl (C=O) groups excluding carboxylic acids is 1. The van der Waals surface area contributed by atoms with E-state index in [1.165, 1.54) is 7.11 Å². The van der Waals surface area contributed by atoms with Crippen molar-refractivity contribution in [2.75, 3.05) is 26.8 Å². The summed E-state index contributed by atoms with van der Waals surface area (Å²) in [5.41, 5.74) is 0.452. The summed E-state index contributed by atoms with van der Waals surface area (Å²) < 4.78 is 11.4. The highest BCUT2D eigenvalue weighted by Crippen LogP contribution is 2.25. The van der Waals surface area contributed by atoms with Crippen molar-refractivity contribution in [3.8, 4) is 5.75 Å². The lowest BCUT2D eigenvalue weighted by Crippen LogP contribution is -2.39. The van der Waals surface area contributed by atoms with E-state index in [2.05, 4.69) is 15.9 Å². The minimum Gasteiger partial charge on any atom is -0.497 e. The number of amides is 1. The molecule has 1 heterocycles. The fourth-order valence-corrected chi connectivity index (χ4v) is 2.92. The number of halogens is 1. The largest absolute Gasteiger partial charge is 0.497 e. The predicted molar refractivity (Wildman–Crippen MR) is 87.8 cm³/mol. The van der Waals surface area contributed by atoms with E-state index in [0.29, 0.717) is 28.9 Å². The van der Waals surface area contributed by atoms with Gasteiger partial charge in [-0.25, -0.2) is 0 Å². The van der Waals surface area contributed by atoms with Gasteiger partial charge in [-0.1, -0.05) is 0 Å². The van der Waals surface area contributed by atoms with Gasteiger partial charge in [-0.15, -0.1) is 0 Å². The van der Waals surface area contributed by atoms with Gasteiger partial charge >= 0.3 is 5.97 Å². The van der Waals surface area contributed by atoms with Gasteiger partial charge in [0.25, 0.3) is 5.91 Å². The summed E-state index contributed by atoms with van der Waals surface area (Å²) >= 11 is 3.37. The van der Waals surface area contributed by atoms with E-state index in [1.54, 1.807) is 23.1 Å². The predicted octanol–water partition coefficient (Wildman–Crippen LogP) is 2.55. The van der Waals surface area contributed by atoms with Crippen LogP contribution in [0.25, 0.3) is 0 Å². The molecule has 1 aromatic rings. The first-order valence-electron chi connectivity index (χ1n) is 7.47. The summed E-state index contributed by atoms with van der Waals surface area (Å²) in [5.74, 6) is -0.584. The third-order valence-corrected chi connectivity index (χ3v) is 4.43. The minimum atomic E-state index is -0.931. The number of nitrogens with zero attached hydrogens (tertiary/aromatic N) is 1. The third-order valence-electron chi connectivity index (χ3n) is 3.73. The highest BCUT2D eigenvalue weighted by atomic mass is 79.9. The topological polar surface area (TPSA) is 76.1 Å². The zero-order chi connectivity index (χ0) is 16.8. The summed E-state index contributed by atoms with van der Waals surface area (Å²) in [4.78, 5) is 25.2. The molecule has 0 aromatic heterocycles. The molecule has 7 heteroatoms. The molecule has 1 fully saturated rings. The van der Waals surface area contributed by atoms with Crippen molar-refractivity contribution in [1.82, 2.24) is 4.90 Å². The Balaban J connectivity index is 2.18. The number of rotatable bonds is 7. The van der Waals surface area contributed by atoms with E-state index in [0.717, 1.165) is 12.8 Å². The van der Waals surface area contributed by atoms with Gasteiger partial charge in [-0.2, -0.15) is 0 Å². The number of hydrogen-bond donors (Lipinski definition) is 1. The molecule has 0 radical (unpaired) electrons. The van der Waals surface area contributed by atoms with Crippen LogP contribution in [0.4, 0.5) is 0 Å². The van der Waals surface area contributed by atoms with Gasteiger partial charge in [-0.05, 0) is 47.0 Å². The van der Waals surface area contributed by atoms with Gasteiger partial charge in [0.1, 0.15) is 5.75 Å². The fourth-order valence-electron chi connectivity index (χ4n) is 2.51. The second kappa shape index (κ2) is 8.31. The summed E-state index contributed by atoms with van der Waals surface area (Å²) in [5, 5.41) is 8.91. The highest BCUT2D eigenvalue weighted by molar-refractivity contribution is 9.10. The lowest BCUT2D eigenvalue weighted by molar-refractivity contribution is -0.137. The molecule has 1 atom stereocenters. The van der Waals surface area contributed by atoms with E-state index >= 15 is 0 Å². The molecule has 23 heavy (non-hydrogen) atoms. The molecule has 0 unspecified atom stereocenters. The molecule has 0 bridgehead atoms. The van der Waals surface area contributed by atoms with Gasteiger partial charge in [0.2, 0.25) is 0 Å². The normalized spacial score (nSPS) is 17.0. The van der Waals surface area contributed by atoms with Gasteiger partial charge in [0, 0.05) is 24.2 Å². The van der Waals surface area contributed by atoms with Crippen molar-refractivity contribution in [3.63, 3.8) is 0 Å². The van der Waals surface area contributed by atoms with Crippen molar-refractivity contribution < 1.29 is 24.2 Å². The smallest absolute Gasteiger partial charge is 0.305 e. The van der Waals surface area contributed by atoms with Gasteiger partial charge < -0.3 is 19.5 Å². The molecule has 126 valence electrons. The van der Waals surface area contributed by atoms with Gasteiger partial charge in [0.15, 0.2) is 0 Å². The quantitative estimate of drug-likeness (QED) is 0.780. The van der Waals surface area contributed by atoms with Crippen LogP contribution in [0.1, 0.15) is 29.6 Å². The molecule has 1 amide bonds. The lowest BCUT2D eigenvalue weighted by Gasteiger charge is -2.25. The molecule has 6 nitrogen and oxygen atoms in total. The van der Waals surface area contributed by atoms with E-state index in [4.69, 9.17) is 14.6 Å². The molecular formula is C16H20BrNO5. The molecule has 1 aromatic carbocycles. The maximum Gasteiger partial charge on any atom is 0.305 e. The first-order valence-corrected chi connectivity index (χ1v) is 8.26. The van der Waals surface area contributed by atoms with Crippen LogP contribution in [-0.2, 0) is 9.53 Å². The van der Waals surface area contributed by atoms with Crippen LogP contribution >= 0.6 is 15.9 Å². The van der Waals surface area contributed by atoms with E-state index < -0.39 is 5.97 Å². The van der Waals surface area contributed by atoms with Crippen LogP contribution < -0.4 is 4.74 Å². The SMILES string of the molecule is COc1ccc(Br)c(C(=O)N(CCC(=O)O)C[C@@H]2CCCO2)c1. The monoisotopic (exact) mass is 385 g/mol. The molecule has 1 aliphatic heterocycles. The Morgan fingerprint density at radius 1 is 1.48 bits per heavy atom. The van der Waals surface area contributed by atoms with Crippen LogP contribution in [0, 0.1) is 0 Å². The highest BCUT2D eigenvalue weighted by Gasteiger charge is 2.25. The zero-order valence-electron chi connectivity index (χ0n) is 13.0. The van der Waals surface area contributed by atoms with Crippen LogP contribution in [-0.4, -0.2) is 54.8 Å². The second-order valence-electron chi connectivity index (χ2n) is 5.38. The molecule has 2 rings (SSSR count). The number of carbonyl (C=O) groups is 2. The summed E-state index contributed by atoms with van der Waals surface area (Å²) in [6, 6.07) is 5.14. The Morgan fingerprint density at radius 3 is 2.87 bits per heavy atom. The number of ether oxygens (including phenoxy) is 2. The Bertz CT molecular complexity index is 572. The summed E-state index contributed by atoms with van der Waals surface area (Å²) in [7, 11) is 1.53. The van der Waals surface area contributed by atoms with Crippen LogP contribution in [0.3, 0.4) is 0 Å². The Kier molecular flexibility index (Phi) is 6.41.